The van der Waals surface area contributed by atoms with E-state index in [9.17, 15) is 0 Å². The highest BCUT2D eigenvalue weighted by Crippen LogP contribution is 2.37. The predicted octanol–water partition coefficient (Wildman–Crippen LogP) is 8.38. The largest absolute Gasteiger partial charge is 0.381 e. The molecule has 1 aromatic heterocycles. The van der Waals surface area contributed by atoms with E-state index < -0.39 is 0 Å². The topological polar surface area (TPSA) is 24.9 Å². The van der Waals surface area contributed by atoms with Crippen LogP contribution in [0.5, 0.6) is 0 Å². The van der Waals surface area contributed by atoms with Gasteiger partial charge in [-0.3, -0.25) is 4.90 Å². The Bertz CT molecular complexity index is 1230. The first-order valence-corrected chi connectivity index (χ1v) is 17.4. The minimum absolute atomic E-state index is 0.330. The highest BCUT2D eigenvalue weighted by Gasteiger charge is 2.36. The standard InChI is InChI=1S/C35H44Cl2N2O2S/c36-32-7-6-29(34(37)19-32)20-39-22-31(33(23-39)30-12-17-42-25-30)21-38-13-8-26(9-14-38)18-35(28-10-15-40-16-11-28)41-24-27-4-2-1-3-5-27/h1-7,12,17,19,25-26,28,31,33,35H,8-11,13-16,18,20-24H2/t31-,33+,35?/m0/s1. The summed E-state index contributed by atoms with van der Waals surface area (Å²) in [5, 5.41) is 6.05. The van der Waals surface area contributed by atoms with E-state index in [1.54, 1.807) is 0 Å². The lowest BCUT2D eigenvalue weighted by Gasteiger charge is -2.38. The Hall–Kier alpha value is -1.44. The zero-order valence-corrected chi connectivity index (χ0v) is 26.8. The van der Waals surface area contributed by atoms with Crippen LogP contribution in [0.2, 0.25) is 10.0 Å². The molecule has 3 aromatic rings. The van der Waals surface area contributed by atoms with Gasteiger partial charge in [-0.05, 0) is 109 Å². The average molecular weight is 628 g/mol. The Labute approximate surface area is 265 Å². The molecule has 3 saturated heterocycles. The average Bonchev–Trinajstić information content (AvgIpc) is 3.69. The number of rotatable bonds is 11. The zero-order chi connectivity index (χ0) is 28.7. The number of thiophene rings is 1. The molecule has 42 heavy (non-hydrogen) atoms. The first-order valence-electron chi connectivity index (χ1n) is 15.7. The van der Waals surface area contributed by atoms with Crippen molar-refractivity contribution in [1.29, 1.82) is 0 Å². The molecule has 7 heteroatoms. The van der Waals surface area contributed by atoms with Crippen molar-refractivity contribution in [3.8, 4) is 0 Å². The number of piperidine rings is 1. The second-order valence-electron chi connectivity index (χ2n) is 12.6. The molecule has 1 unspecified atom stereocenters. The van der Waals surface area contributed by atoms with Gasteiger partial charge in [-0.25, -0.2) is 0 Å². The van der Waals surface area contributed by atoms with Gasteiger partial charge in [0.25, 0.3) is 0 Å². The smallest absolute Gasteiger partial charge is 0.0720 e. The zero-order valence-electron chi connectivity index (χ0n) is 24.5. The maximum Gasteiger partial charge on any atom is 0.0720 e. The third-order valence-corrected chi connectivity index (χ3v) is 11.0. The van der Waals surface area contributed by atoms with Gasteiger partial charge in [-0.15, -0.1) is 0 Å². The van der Waals surface area contributed by atoms with Gasteiger partial charge in [0.2, 0.25) is 0 Å². The third-order valence-electron chi connectivity index (χ3n) is 9.76. The Morgan fingerprint density at radius 3 is 2.48 bits per heavy atom. The number of hydrogen-bond donors (Lipinski definition) is 0. The Morgan fingerprint density at radius 1 is 0.929 bits per heavy atom. The molecule has 2 aromatic carbocycles. The molecule has 4 nitrogen and oxygen atoms in total. The van der Waals surface area contributed by atoms with E-state index in [2.05, 4.69) is 63.0 Å². The van der Waals surface area contributed by atoms with Gasteiger partial charge in [-0.1, -0.05) is 59.6 Å². The number of halogens is 2. The predicted molar refractivity (Wildman–Crippen MR) is 175 cm³/mol. The molecule has 0 N–H and O–H groups in total. The molecule has 0 bridgehead atoms. The summed E-state index contributed by atoms with van der Waals surface area (Å²) < 4.78 is 12.3. The lowest BCUT2D eigenvalue weighted by Crippen LogP contribution is -2.40. The lowest BCUT2D eigenvalue weighted by molar-refractivity contribution is -0.0550. The third kappa shape index (κ3) is 8.18. The summed E-state index contributed by atoms with van der Waals surface area (Å²) in [6, 6.07) is 18.9. The molecule has 3 aliphatic heterocycles. The number of benzene rings is 2. The van der Waals surface area contributed by atoms with Crippen LogP contribution in [0.4, 0.5) is 0 Å². The van der Waals surface area contributed by atoms with E-state index in [1.165, 1.54) is 55.6 Å². The van der Waals surface area contributed by atoms with E-state index >= 15 is 0 Å². The van der Waals surface area contributed by atoms with Crippen LogP contribution in [0.1, 0.15) is 54.7 Å². The molecular weight excluding hydrogens is 583 g/mol. The highest BCUT2D eigenvalue weighted by molar-refractivity contribution is 7.08. The van der Waals surface area contributed by atoms with Crippen molar-refractivity contribution in [3.63, 3.8) is 0 Å². The van der Waals surface area contributed by atoms with Crippen LogP contribution in [0.25, 0.3) is 0 Å². The fraction of sp³-hybridized carbons (Fsp3) is 0.543. The van der Waals surface area contributed by atoms with Crippen molar-refractivity contribution < 1.29 is 9.47 Å². The monoisotopic (exact) mass is 626 g/mol. The van der Waals surface area contributed by atoms with Crippen LogP contribution in [0.15, 0.2) is 65.4 Å². The van der Waals surface area contributed by atoms with Crippen molar-refractivity contribution in [3.05, 3.63) is 92.1 Å². The van der Waals surface area contributed by atoms with Crippen molar-refractivity contribution in [1.82, 2.24) is 9.80 Å². The van der Waals surface area contributed by atoms with Gasteiger partial charge in [-0.2, -0.15) is 11.3 Å². The maximum absolute atomic E-state index is 6.65. The fourth-order valence-corrected chi connectivity index (χ4v) is 8.55. The van der Waals surface area contributed by atoms with E-state index in [1.807, 2.05) is 23.5 Å². The van der Waals surface area contributed by atoms with Crippen molar-refractivity contribution in [2.45, 2.75) is 57.3 Å². The summed E-state index contributed by atoms with van der Waals surface area (Å²) in [7, 11) is 0. The molecule has 0 spiro atoms. The molecule has 0 amide bonds. The summed E-state index contributed by atoms with van der Waals surface area (Å²) >= 11 is 14.5. The van der Waals surface area contributed by atoms with Crippen LogP contribution >= 0.6 is 34.5 Å². The van der Waals surface area contributed by atoms with Crippen LogP contribution in [0.3, 0.4) is 0 Å². The van der Waals surface area contributed by atoms with Gasteiger partial charge in [0, 0.05) is 55.4 Å². The summed E-state index contributed by atoms with van der Waals surface area (Å²) in [4.78, 5) is 5.34. The van der Waals surface area contributed by atoms with Crippen molar-refractivity contribution in [2.75, 3.05) is 45.9 Å². The van der Waals surface area contributed by atoms with Crippen LogP contribution in [0, 0.1) is 17.8 Å². The SMILES string of the molecule is Clc1ccc(CN2C[C@H](CN3CCC(CC(OCc4ccccc4)C4CCOCC4)CC3)[C@@H](c3ccsc3)C2)c(Cl)c1. The van der Waals surface area contributed by atoms with Gasteiger partial charge in [0.15, 0.2) is 0 Å². The summed E-state index contributed by atoms with van der Waals surface area (Å²) in [6.07, 6.45) is 6.31. The Balaban J connectivity index is 1.04. The summed E-state index contributed by atoms with van der Waals surface area (Å²) in [6.45, 7) is 9.10. The maximum atomic E-state index is 6.65. The molecule has 0 radical (unpaired) electrons. The molecular formula is C35H44Cl2N2O2S. The first kappa shape index (κ1) is 30.6. The van der Waals surface area contributed by atoms with E-state index in [0.29, 0.717) is 35.5 Å². The molecule has 6 rings (SSSR count). The van der Waals surface area contributed by atoms with E-state index in [4.69, 9.17) is 32.7 Å². The molecule has 0 aliphatic carbocycles. The number of likely N-dealkylation sites (tertiary alicyclic amines) is 2. The van der Waals surface area contributed by atoms with E-state index in [-0.39, 0.29) is 0 Å². The molecule has 0 saturated carbocycles. The molecule has 226 valence electrons. The summed E-state index contributed by atoms with van der Waals surface area (Å²) in [5.41, 5.74) is 3.94. The van der Waals surface area contributed by atoms with Crippen LogP contribution in [-0.4, -0.2) is 61.8 Å². The quantitative estimate of drug-likeness (QED) is 0.213. The van der Waals surface area contributed by atoms with Crippen LogP contribution in [-0.2, 0) is 22.6 Å². The van der Waals surface area contributed by atoms with Gasteiger partial charge < -0.3 is 14.4 Å². The van der Waals surface area contributed by atoms with E-state index in [0.717, 1.165) is 56.6 Å². The van der Waals surface area contributed by atoms with Gasteiger partial charge >= 0.3 is 0 Å². The molecule has 4 heterocycles. The first-order chi connectivity index (χ1) is 20.6. The number of ether oxygens (including phenoxy) is 2. The Kier molecular flexibility index (Phi) is 10.9. The minimum Gasteiger partial charge on any atom is -0.381 e. The molecule has 3 fully saturated rings. The second-order valence-corrected chi connectivity index (χ2v) is 14.2. The Morgan fingerprint density at radius 2 is 1.74 bits per heavy atom. The normalized spacial score (nSPS) is 23.9. The summed E-state index contributed by atoms with van der Waals surface area (Å²) in [5.74, 6) is 2.56. The van der Waals surface area contributed by atoms with Crippen molar-refractivity contribution >= 4 is 34.5 Å². The lowest BCUT2D eigenvalue weighted by atomic mass is 9.83. The minimum atomic E-state index is 0.330. The van der Waals surface area contributed by atoms with Crippen LogP contribution < -0.4 is 0 Å². The number of nitrogens with zero attached hydrogens (tertiary/aromatic N) is 2. The molecule has 3 atom stereocenters. The fourth-order valence-electron chi connectivity index (χ4n) is 7.36. The second kappa shape index (κ2) is 15.0. The van der Waals surface area contributed by atoms with Crippen molar-refractivity contribution in [2.24, 2.45) is 17.8 Å². The molecule has 3 aliphatic rings. The highest BCUT2D eigenvalue weighted by atomic mass is 35.5. The van der Waals surface area contributed by atoms with Gasteiger partial charge in [0.1, 0.15) is 0 Å². The number of hydrogen-bond acceptors (Lipinski definition) is 5. The van der Waals surface area contributed by atoms with Gasteiger partial charge in [0.05, 0.1) is 12.7 Å².